The van der Waals surface area contributed by atoms with Crippen molar-refractivity contribution in [1.82, 2.24) is 9.78 Å². The van der Waals surface area contributed by atoms with Gasteiger partial charge in [0.15, 0.2) is 6.10 Å². The second-order valence-corrected chi connectivity index (χ2v) is 3.83. The van der Waals surface area contributed by atoms with Crippen LogP contribution in [0.1, 0.15) is 25.2 Å². The Hall–Kier alpha value is -1.07. The summed E-state index contributed by atoms with van der Waals surface area (Å²) in [6.07, 6.45) is -0.850. The number of aromatic nitrogens is 2. The van der Waals surface area contributed by atoms with Crippen LogP contribution >= 0.6 is 11.6 Å². The van der Waals surface area contributed by atoms with E-state index in [-0.39, 0.29) is 6.61 Å². The number of hydrogen-bond donors (Lipinski definition) is 1. The van der Waals surface area contributed by atoms with Crippen LogP contribution < -0.4 is 0 Å². The first-order valence-corrected chi connectivity index (χ1v) is 5.41. The van der Waals surface area contributed by atoms with Crippen molar-refractivity contribution in [2.75, 3.05) is 0 Å². The fraction of sp³-hybridized carbons (Fsp3) is 0.600. The zero-order valence-corrected chi connectivity index (χ0v) is 10.3. The number of carboxylic acid groups (broad SMARTS) is 1. The molecule has 6 heteroatoms. The van der Waals surface area contributed by atoms with Crippen molar-refractivity contribution in [1.29, 1.82) is 0 Å². The number of halogens is 1. The third-order valence-electron chi connectivity index (χ3n) is 2.27. The highest BCUT2D eigenvalue weighted by molar-refractivity contribution is 6.31. The number of ether oxygens (including phenoxy) is 1. The molecule has 0 bridgehead atoms. The molecule has 0 saturated carbocycles. The van der Waals surface area contributed by atoms with Crippen molar-refractivity contribution >= 4 is 17.6 Å². The standard InChI is InChI=1S/C10H15ClN2O3/c1-4-13-8(9(11)6(2)12-13)5-16-7(3)10(14)15/h7H,4-5H2,1-3H3,(H,14,15)/t7-/m1/s1. The van der Waals surface area contributed by atoms with E-state index in [1.54, 1.807) is 11.6 Å². The number of hydrogen-bond acceptors (Lipinski definition) is 3. The number of carboxylic acids is 1. The van der Waals surface area contributed by atoms with Crippen LogP contribution in [0.15, 0.2) is 0 Å². The Morgan fingerprint density at radius 2 is 2.31 bits per heavy atom. The monoisotopic (exact) mass is 246 g/mol. The Bertz CT molecular complexity index is 390. The van der Waals surface area contributed by atoms with Gasteiger partial charge in [-0.1, -0.05) is 11.6 Å². The molecule has 0 amide bonds. The van der Waals surface area contributed by atoms with Gasteiger partial charge in [-0.25, -0.2) is 4.79 Å². The average molecular weight is 247 g/mol. The molecule has 16 heavy (non-hydrogen) atoms. The predicted octanol–water partition coefficient (Wildman–Crippen LogP) is 1.85. The van der Waals surface area contributed by atoms with E-state index < -0.39 is 12.1 Å². The molecular formula is C10H15ClN2O3. The maximum atomic E-state index is 10.6. The van der Waals surface area contributed by atoms with Crippen LogP contribution in [-0.4, -0.2) is 27.0 Å². The number of nitrogens with zero attached hydrogens (tertiary/aromatic N) is 2. The molecule has 0 aliphatic rings. The van der Waals surface area contributed by atoms with E-state index in [0.29, 0.717) is 11.6 Å². The second kappa shape index (κ2) is 5.32. The molecule has 90 valence electrons. The molecule has 0 fully saturated rings. The molecular weight excluding hydrogens is 232 g/mol. The Balaban J connectivity index is 2.76. The van der Waals surface area contributed by atoms with Crippen LogP contribution in [0.3, 0.4) is 0 Å². The van der Waals surface area contributed by atoms with Gasteiger partial charge in [-0.05, 0) is 20.8 Å². The molecule has 0 unspecified atom stereocenters. The van der Waals surface area contributed by atoms with Gasteiger partial charge in [-0.3, -0.25) is 4.68 Å². The first kappa shape index (κ1) is 13.0. The van der Waals surface area contributed by atoms with Gasteiger partial charge >= 0.3 is 5.97 Å². The Kier molecular flexibility index (Phi) is 4.32. The summed E-state index contributed by atoms with van der Waals surface area (Å²) < 4.78 is 6.90. The molecule has 1 aromatic rings. The minimum absolute atomic E-state index is 0.154. The molecule has 1 aromatic heterocycles. The van der Waals surface area contributed by atoms with Crippen molar-refractivity contribution in [2.24, 2.45) is 0 Å². The van der Waals surface area contributed by atoms with Crippen molar-refractivity contribution in [3.63, 3.8) is 0 Å². The van der Waals surface area contributed by atoms with Gasteiger partial charge in [0, 0.05) is 6.54 Å². The molecule has 5 nitrogen and oxygen atoms in total. The summed E-state index contributed by atoms with van der Waals surface area (Å²) in [5.74, 6) is -0.990. The number of aliphatic carboxylic acids is 1. The maximum Gasteiger partial charge on any atom is 0.332 e. The van der Waals surface area contributed by atoms with Gasteiger partial charge < -0.3 is 9.84 Å². The molecule has 0 saturated heterocycles. The average Bonchev–Trinajstić information content (AvgIpc) is 2.51. The normalized spacial score (nSPS) is 12.8. The zero-order chi connectivity index (χ0) is 12.3. The van der Waals surface area contributed by atoms with Gasteiger partial charge in [-0.2, -0.15) is 5.10 Å². The van der Waals surface area contributed by atoms with Crippen LogP contribution in [0.2, 0.25) is 5.02 Å². The van der Waals surface area contributed by atoms with Gasteiger partial charge in [-0.15, -0.1) is 0 Å². The summed E-state index contributed by atoms with van der Waals surface area (Å²) >= 11 is 6.04. The van der Waals surface area contributed by atoms with E-state index in [9.17, 15) is 4.79 Å². The van der Waals surface area contributed by atoms with E-state index in [1.807, 2.05) is 6.92 Å². The Morgan fingerprint density at radius 3 is 2.81 bits per heavy atom. The molecule has 1 rings (SSSR count). The van der Waals surface area contributed by atoms with Gasteiger partial charge in [0.05, 0.1) is 23.0 Å². The molecule has 1 N–H and O–H groups in total. The third-order valence-corrected chi connectivity index (χ3v) is 2.76. The SMILES string of the molecule is CCn1nc(C)c(Cl)c1CO[C@H](C)C(=O)O. The minimum Gasteiger partial charge on any atom is -0.479 e. The van der Waals surface area contributed by atoms with Crippen LogP contribution in [0.5, 0.6) is 0 Å². The highest BCUT2D eigenvalue weighted by Crippen LogP contribution is 2.21. The van der Waals surface area contributed by atoms with E-state index in [1.165, 1.54) is 6.92 Å². The Morgan fingerprint density at radius 1 is 1.69 bits per heavy atom. The predicted molar refractivity (Wildman–Crippen MR) is 59.5 cm³/mol. The zero-order valence-electron chi connectivity index (χ0n) is 9.53. The summed E-state index contributed by atoms with van der Waals surface area (Å²) in [6.45, 7) is 6.05. The first-order chi connectivity index (χ1) is 7.47. The van der Waals surface area contributed by atoms with E-state index in [0.717, 1.165) is 11.4 Å². The molecule has 1 atom stereocenters. The van der Waals surface area contributed by atoms with Crippen LogP contribution in [-0.2, 0) is 22.7 Å². The van der Waals surface area contributed by atoms with Gasteiger partial charge in [0.25, 0.3) is 0 Å². The summed E-state index contributed by atoms with van der Waals surface area (Å²) in [5, 5.41) is 13.4. The lowest BCUT2D eigenvalue weighted by Gasteiger charge is -2.09. The molecule has 0 aliphatic heterocycles. The molecule has 0 aromatic carbocycles. The van der Waals surface area contributed by atoms with Gasteiger partial charge in [0.1, 0.15) is 0 Å². The summed E-state index contributed by atoms with van der Waals surface area (Å²) in [5.41, 5.74) is 1.44. The van der Waals surface area contributed by atoms with Crippen molar-refractivity contribution < 1.29 is 14.6 Å². The highest BCUT2D eigenvalue weighted by Gasteiger charge is 2.16. The van der Waals surface area contributed by atoms with Crippen molar-refractivity contribution in [3.05, 3.63) is 16.4 Å². The molecule has 1 heterocycles. The van der Waals surface area contributed by atoms with Crippen molar-refractivity contribution in [2.45, 2.75) is 40.0 Å². The molecule has 0 radical (unpaired) electrons. The minimum atomic E-state index is -0.990. The van der Waals surface area contributed by atoms with Crippen LogP contribution in [0.25, 0.3) is 0 Å². The smallest absolute Gasteiger partial charge is 0.332 e. The van der Waals surface area contributed by atoms with Crippen LogP contribution in [0.4, 0.5) is 0 Å². The number of rotatable bonds is 5. The van der Waals surface area contributed by atoms with E-state index in [4.69, 9.17) is 21.4 Å². The lowest BCUT2D eigenvalue weighted by atomic mass is 10.3. The largest absolute Gasteiger partial charge is 0.479 e. The van der Waals surface area contributed by atoms with Crippen LogP contribution in [0, 0.1) is 6.92 Å². The lowest BCUT2D eigenvalue weighted by Crippen LogP contribution is -2.20. The second-order valence-electron chi connectivity index (χ2n) is 3.45. The third kappa shape index (κ3) is 2.74. The summed E-state index contributed by atoms with van der Waals surface area (Å²) in [4.78, 5) is 10.6. The quantitative estimate of drug-likeness (QED) is 0.861. The summed E-state index contributed by atoms with van der Waals surface area (Å²) in [7, 11) is 0. The van der Waals surface area contributed by atoms with Gasteiger partial charge in [0.2, 0.25) is 0 Å². The van der Waals surface area contributed by atoms with E-state index in [2.05, 4.69) is 5.10 Å². The van der Waals surface area contributed by atoms with E-state index >= 15 is 0 Å². The fourth-order valence-electron chi connectivity index (χ4n) is 1.28. The lowest BCUT2D eigenvalue weighted by molar-refractivity contribution is -0.150. The first-order valence-electron chi connectivity index (χ1n) is 5.03. The fourth-order valence-corrected chi connectivity index (χ4v) is 1.47. The number of aryl methyl sites for hydroxylation is 2. The highest BCUT2D eigenvalue weighted by atomic mass is 35.5. The topological polar surface area (TPSA) is 64.4 Å². The summed E-state index contributed by atoms with van der Waals surface area (Å²) in [6, 6.07) is 0. The molecule has 0 aliphatic carbocycles. The Labute approximate surface area is 99.0 Å². The molecule has 0 spiro atoms. The maximum absolute atomic E-state index is 10.6. The van der Waals surface area contributed by atoms with Crippen molar-refractivity contribution in [3.8, 4) is 0 Å². The number of carbonyl (C=O) groups is 1.